The zero-order valence-corrected chi connectivity index (χ0v) is 16.5. The van der Waals surface area contributed by atoms with Crippen LogP contribution in [0.15, 0.2) is 41.9 Å². The Hall–Kier alpha value is -3.13. The van der Waals surface area contributed by atoms with Crippen LogP contribution in [0.1, 0.15) is 41.1 Å². The van der Waals surface area contributed by atoms with Crippen molar-refractivity contribution in [1.29, 1.82) is 0 Å². The minimum atomic E-state index is -0.536. The number of hydrogen-bond acceptors (Lipinski definition) is 5. The van der Waals surface area contributed by atoms with E-state index < -0.39 is 5.91 Å². The molecule has 0 saturated carbocycles. The first kappa shape index (κ1) is 19.6. The van der Waals surface area contributed by atoms with Crippen molar-refractivity contribution < 1.29 is 14.3 Å². The molecule has 0 unspecified atom stereocenters. The van der Waals surface area contributed by atoms with E-state index in [1.54, 1.807) is 41.9 Å². The van der Waals surface area contributed by atoms with Crippen molar-refractivity contribution in [2.45, 2.75) is 20.3 Å². The second-order valence-electron chi connectivity index (χ2n) is 6.71. The molecule has 2 amide bonds. The van der Waals surface area contributed by atoms with Gasteiger partial charge in [-0.05, 0) is 42.7 Å². The average molecular weight is 398 g/mol. The third-order valence-corrected chi connectivity index (χ3v) is 4.81. The van der Waals surface area contributed by atoms with Crippen LogP contribution in [0, 0.1) is 5.92 Å². The Morgan fingerprint density at radius 3 is 2.68 bits per heavy atom. The lowest BCUT2D eigenvalue weighted by molar-refractivity contribution is 0.0994. The van der Waals surface area contributed by atoms with Crippen LogP contribution < -0.4 is 15.8 Å². The molecular weight excluding hydrogens is 376 g/mol. The highest BCUT2D eigenvalue weighted by atomic mass is 32.1. The standard InChI is InChI=1S/C20H22N4O3S/c1-12(2)7-8-27-15-5-3-13(4-6-15)19(26)24-20-23-17(11-28-20)14-9-16(18(21)25)22-10-14/h3-6,9-12,22H,7-8H2,1-2H3,(H2,21,25)(H,23,24,26). The maximum atomic E-state index is 12.4. The Morgan fingerprint density at radius 1 is 1.29 bits per heavy atom. The lowest BCUT2D eigenvalue weighted by atomic mass is 10.1. The van der Waals surface area contributed by atoms with Gasteiger partial charge in [0, 0.05) is 22.7 Å². The van der Waals surface area contributed by atoms with E-state index in [0.29, 0.717) is 34.6 Å². The van der Waals surface area contributed by atoms with Crippen LogP contribution in [0.5, 0.6) is 5.75 Å². The zero-order chi connectivity index (χ0) is 20.1. The number of rotatable bonds is 8. The van der Waals surface area contributed by atoms with Crippen LogP contribution >= 0.6 is 11.3 Å². The molecule has 1 aromatic carbocycles. The lowest BCUT2D eigenvalue weighted by Gasteiger charge is -2.08. The van der Waals surface area contributed by atoms with Crippen molar-refractivity contribution in [3.05, 3.63) is 53.2 Å². The Kier molecular flexibility index (Phi) is 6.10. The molecule has 0 aliphatic rings. The van der Waals surface area contributed by atoms with E-state index >= 15 is 0 Å². The second kappa shape index (κ2) is 8.71. The van der Waals surface area contributed by atoms with Gasteiger partial charge in [0.2, 0.25) is 0 Å². The number of primary amides is 1. The molecule has 3 aromatic rings. The predicted molar refractivity (Wildman–Crippen MR) is 110 cm³/mol. The highest BCUT2D eigenvalue weighted by Gasteiger charge is 2.12. The van der Waals surface area contributed by atoms with Crippen LogP contribution in [0.4, 0.5) is 5.13 Å². The van der Waals surface area contributed by atoms with Gasteiger partial charge in [-0.2, -0.15) is 0 Å². The van der Waals surface area contributed by atoms with Gasteiger partial charge in [-0.1, -0.05) is 13.8 Å². The van der Waals surface area contributed by atoms with Gasteiger partial charge in [0.25, 0.3) is 11.8 Å². The number of amides is 2. The molecule has 7 nitrogen and oxygen atoms in total. The predicted octanol–water partition coefficient (Wildman–Crippen LogP) is 3.91. The molecule has 146 valence electrons. The molecular formula is C20H22N4O3S. The largest absolute Gasteiger partial charge is 0.494 e. The van der Waals surface area contributed by atoms with Crippen molar-refractivity contribution in [1.82, 2.24) is 9.97 Å². The number of hydrogen-bond donors (Lipinski definition) is 3. The van der Waals surface area contributed by atoms with E-state index in [9.17, 15) is 9.59 Å². The number of nitrogens with zero attached hydrogens (tertiary/aromatic N) is 1. The number of anilines is 1. The molecule has 0 aliphatic carbocycles. The number of aromatic amines is 1. The summed E-state index contributed by atoms with van der Waals surface area (Å²) in [4.78, 5) is 30.8. The minimum absolute atomic E-state index is 0.249. The summed E-state index contributed by atoms with van der Waals surface area (Å²) in [5.74, 6) is 0.543. The molecule has 28 heavy (non-hydrogen) atoms. The molecule has 3 rings (SSSR count). The van der Waals surface area contributed by atoms with E-state index in [0.717, 1.165) is 17.7 Å². The van der Waals surface area contributed by atoms with E-state index in [-0.39, 0.29) is 5.91 Å². The number of carbonyl (C=O) groups excluding carboxylic acids is 2. The number of carbonyl (C=O) groups is 2. The normalized spacial score (nSPS) is 10.8. The number of ether oxygens (including phenoxy) is 1. The number of aromatic nitrogens is 2. The number of benzene rings is 1. The lowest BCUT2D eigenvalue weighted by Crippen LogP contribution is -2.11. The Balaban J connectivity index is 1.60. The highest BCUT2D eigenvalue weighted by molar-refractivity contribution is 7.14. The van der Waals surface area contributed by atoms with Crippen LogP contribution in [0.2, 0.25) is 0 Å². The van der Waals surface area contributed by atoms with E-state index in [1.165, 1.54) is 11.3 Å². The molecule has 8 heteroatoms. The molecule has 0 aliphatic heterocycles. The molecule has 0 spiro atoms. The summed E-state index contributed by atoms with van der Waals surface area (Å²) >= 11 is 1.30. The third kappa shape index (κ3) is 4.98. The summed E-state index contributed by atoms with van der Waals surface area (Å²) in [6.45, 7) is 4.95. The van der Waals surface area contributed by atoms with Crippen LogP contribution in [-0.2, 0) is 0 Å². The minimum Gasteiger partial charge on any atom is -0.494 e. The fourth-order valence-electron chi connectivity index (χ4n) is 2.43. The van der Waals surface area contributed by atoms with Crippen LogP contribution in [0.3, 0.4) is 0 Å². The number of nitrogens with one attached hydrogen (secondary N) is 2. The van der Waals surface area contributed by atoms with Crippen LogP contribution in [0.25, 0.3) is 11.3 Å². The summed E-state index contributed by atoms with van der Waals surface area (Å²) in [6, 6.07) is 8.64. The SMILES string of the molecule is CC(C)CCOc1ccc(C(=O)Nc2nc(-c3c[nH]c(C(N)=O)c3)cs2)cc1. The topological polar surface area (TPSA) is 110 Å². The van der Waals surface area contributed by atoms with Gasteiger partial charge in [-0.25, -0.2) is 4.98 Å². The molecule has 0 radical (unpaired) electrons. The third-order valence-electron chi connectivity index (χ3n) is 4.05. The highest BCUT2D eigenvalue weighted by Crippen LogP contribution is 2.26. The van der Waals surface area contributed by atoms with E-state index in [2.05, 4.69) is 29.1 Å². The van der Waals surface area contributed by atoms with Gasteiger partial charge < -0.3 is 15.5 Å². The van der Waals surface area contributed by atoms with Crippen molar-refractivity contribution in [3.63, 3.8) is 0 Å². The molecule has 0 atom stereocenters. The van der Waals surface area contributed by atoms with E-state index in [4.69, 9.17) is 10.5 Å². The first-order valence-corrected chi connectivity index (χ1v) is 9.78. The summed E-state index contributed by atoms with van der Waals surface area (Å²) in [5, 5.41) is 5.05. The molecule has 2 heterocycles. The molecule has 0 bridgehead atoms. The van der Waals surface area contributed by atoms with Gasteiger partial charge in [0.15, 0.2) is 5.13 Å². The Labute approximate surface area is 166 Å². The smallest absolute Gasteiger partial charge is 0.265 e. The van der Waals surface area contributed by atoms with Gasteiger partial charge in [-0.3, -0.25) is 14.9 Å². The first-order chi connectivity index (χ1) is 13.4. The summed E-state index contributed by atoms with van der Waals surface area (Å²) in [6.07, 6.45) is 2.63. The Bertz CT molecular complexity index is 960. The van der Waals surface area contributed by atoms with Crippen LogP contribution in [-0.4, -0.2) is 28.4 Å². The fraction of sp³-hybridized carbons (Fsp3) is 0.250. The van der Waals surface area contributed by atoms with Crippen molar-refractivity contribution in [3.8, 4) is 17.0 Å². The van der Waals surface area contributed by atoms with E-state index in [1.807, 2.05) is 0 Å². The number of thiazole rings is 1. The summed E-state index contributed by atoms with van der Waals surface area (Å²) < 4.78 is 5.66. The summed E-state index contributed by atoms with van der Waals surface area (Å²) in [5.41, 5.74) is 7.45. The fourth-order valence-corrected chi connectivity index (χ4v) is 3.15. The average Bonchev–Trinajstić information content (AvgIpc) is 3.31. The van der Waals surface area contributed by atoms with Gasteiger partial charge >= 0.3 is 0 Å². The van der Waals surface area contributed by atoms with Crippen molar-refractivity contribution in [2.75, 3.05) is 11.9 Å². The Morgan fingerprint density at radius 2 is 2.04 bits per heavy atom. The van der Waals surface area contributed by atoms with Crippen molar-refractivity contribution in [2.24, 2.45) is 11.7 Å². The molecule has 0 fully saturated rings. The monoisotopic (exact) mass is 398 g/mol. The maximum absolute atomic E-state index is 12.4. The number of nitrogens with two attached hydrogens (primary N) is 1. The zero-order valence-electron chi connectivity index (χ0n) is 15.7. The van der Waals surface area contributed by atoms with Gasteiger partial charge in [-0.15, -0.1) is 11.3 Å². The van der Waals surface area contributed by atoms with Gasteiger partial charge in [0.1, 0.15) is 11.4 Å². The van der Waals surface area contributed by atoms with Crippen molar-refractivity contribution >= 4 is 28.3 Å². The number of H-pyrrole nitrogens is 1. The van der Waals surface area contributed by atoms with Gasteiger partial charge in [0.05, 0.1) is 12.3 Å². The quantitative estimate of drug-likeness (QED) is 0.534. The molecule has 4 N–H and O–H groups in total. The first-order valence-electron chi connectivity index (χ1n) is 8.90. The summed E-state index contributed by atoms with van der Waals surface area (Å²) in [7, 11) is 0. The molecule has 2 aromatic heterocycles. The molecule has 0 saturated heterocycles. The maximum Gasteiger partial charge on any atom is 0.265 e. The second-order valence-corrected chi connectivity index (χ2v) is 7.57.